The molecule has 33 heavy (non-hydrogen) atoms. The maximum Gasteiger partial charge on any atom is 0.324 e. The minimum atomic E-state index is -1.07. The van der Waals surface area contributed by atoms with E-state index in [1.807, 2.05) is 24.3 Å². The maximum atomic E-state index is 13.4. The lowest BCUT2D eigenvalue weighted by Crippen LogP contribution is -2.59. The molecule has 1 aromatic heterocycles. The molecule has 2 aliphatic rings. The zero-order valence-corrected chi connectivity index (χ0v) is 21.1. The first-order valence-electron chi connectivity index (χ1n) is 11.2. The molecule has 1 unspecified atom stereocenters. The van der Waals surface area contributed by atoms with Crippen LogP contribution in [0, 0.1) is 0 Å². The molecule has 2 aliphatic heterocycles. The second-order valence-corrected chi connectivity index (χ2v) is 11.9. The van der Waals surface area contributed by atoms with Gasteiger partial charge in [-0.2, -0.15) is 0 Å². The van der Waals surface area contributed by atoms with Gasteiger partial charge in [0, 0.05) is 29.2 Å². The third kappa shape index (κ3) is 3.70. The number of hydrogen-bond donors (Lipinski definition) is 3. The summed E-state index contributed by atoms with van der Waals surface area (Å²) >= 11 is 1.38. The molecular weight excluding hydrogens is 436 g/mol. The summed E-state index contributed by atoms with van der Waals surface area (Å²) in [4.78, 5) is 42.1. The minimum Gasteiger partial charge on any atom is -0.352 e. The van der Waals surface area contributed by atoms with Gasteiger partial charge in [-0.3, -0.25) is 14.9 Å². The van der Waals surface area contributed by atoms with Gasteiger partial charge in [-0.1, -0.05) is 59.7 Å². The summed E-state index contributed by atoms with van der Waals surface area (Å²) in [7, 11) is 0. The number of carbonyl (C=O) groups is 3. The number of hydrogen-bond acceptors (Lipinski definition) is 4. The average molecular weight is 469 g/mol. The number of piperazine rings is 1. The Labute approximate surface area is 198 Å². The van der Waals surface area contributed by atoms with Gasteiger partial charge in [0.15, 0.2) is 0 Å². The second kappa shape index (κ2) is 7.58. The molecule has 3 N–H and O–H groups in total. The third-order valence-electron chi connectivity index (χ3n) is 6.35. The largest absolute Gasteiger partial charge is 0.352 e. The van der Waals surface area contributed by atoms with Crippen molar-refractivity contribution in [2.24, 2.45) is 0 Å². The Hall–Kier alpha value is -2.87. The first-order valence-corrected chi connectivity index (χ1v) is 12.0. The van der Waals surface area contributed by atoms with E-state index in [2.05, 4.69) is 57.5 Å². The maximum absolute atomic E-state index is 13.4. The number of nitrogens with one attached hydrogen (secondary N) is 3. The second-order valence-electron chi connectivity index (χ2n) is 10.9. The number of nitrogens with zero attached hydrogens (tertiary/aromatic N) is 1. The highest BCUT2D eigenvalue weighted by Gasteiger charge is 2.57. The minimum absolute atomic E-state index is 0.144. The summed E-state index contributed by atoms with van der Waals surface area (Å²) in [6.07, 6.45) is 0. The van der Waals surface area contributed by atoms with Crippen molar-refractivity contribution >= 4 is 39.9 Å². The number of rotatable bonds is 2. The van der Waals surface area contributed by atoms with Crippen molar-refractivity contribution < 1.29 is 14.4 Å². The topological polar surface area (TPSA) is 90.5 Å². The monoisotopic (exact) mass is 468 g/mol. The molecule has 1 aromatic carbocycles. The number of fused-ring (bicyclic) bond motifs is 3. The van der Waals surface area contributed by atoms with E-state index in [4.69, 9.17) is 0 Å². The molecular formula is C25H32N4O3S. The van der Waals surface area contributed by atoms with E-state index >= 15 is 0 Å². The highest BCUT2D eigenvalue weighted by atomic mass is 32.1. The van der Waals surface area contributed by atoms with Crippen LogP contribution < -0.4 is 16.0 Å². The lowest BCUT2D eigenvalue weighted by molar-refractivity contribution is -0.134. The number of benzene rings is 1. The van der Waals surface area contributed by atoms with Crippen LogP contribution in [-0.2, 0) is 21.2 Å². The molecule has 0 bridgehead atoms. The lowest BCUT2D eigenvalue weighted by atomic mass is 9.82. The van der Waals surface area contributed by atoms with Crippen molar-refractivity contribution in [3.05, 3.63) is 45.8 Å². The standard InChI is InChI=1S/C25H32N4O3S/c1-23(2,3)14-10-8-9-11-15(14)27-22(32)28-19-16-17(18(33-19)24(4,5)6)25(7)21(31)26-12-13-29(25)20(16)30/h8-11H,12-13H2,1-7H3,(H,26,31)(H2,27,28,32). The molecule has 3 heterocycles. The van der Waals surface area contributed by atoms with Crippen LogP contribution in [0.15, 0.2) is 24.3 Å². The first-order chi connectivity index (χ1) is 15.3. The number of thiophene rings is 1. The average Bonchev–Trinajstić information content (AvgIpc) is 3.18. The molecule has 0 aliphatic carbocycles. The molecule has 2 aromatic rings. The zero-order valence-electron chi connectivity index (χ0n) is 20.3. The van der Waals surface area contributed by atoms with Gasteiger partial charge in [0.25, 0.3) is 5.91 Å². The zero-order chi connectivity index (χ0) is 24.3. The van der Waals surface area contributed by atoms with Crippen molar-refractivity contribution in [1.82, 2.24) is 10.2 Å². The van der Waals surface area contributed by atoms with E-state index in [0.717, 1.165) is 16.1 Å². The van der Waals surface area contributed by atoms with Gasteiger partial charge in [-0.05, 0) is 29.4 Å². The van der Waals surface area contributed by atoms with Crippen LogP contribution in [0.3, 0.4) is 0 Å². The molecule has 0 radical (unpaired) electrons. The highest BCUT2D eigenvalue weighted by molar-refractivity contribution is 7.17. The van der Waals surface area contributed by atoms with Crippen LogP contribution in [0.4, 0.5) is 15.5 Å². The fraction of sp³-hybridized carbons (Fsp3) is 0.480. The van der Waals surface area contributed by atoms with E-state index in [-0.39, 0.29) is 22.6 Å². The Morgan fingerprint density at radius 3 is 2.36 bits per heavy atom. The molecule has 1 fully saturated rings. The Kier molecular flexibility index (Phi) is 5.35. The molecule has 4 amide bonds. The number of para-hydroxylation sites is 1. The number of carbonyl (C=O) groups excluding carboxylic acids is 3. The van der Waals surface area contributed by atoms with Crippen LogP contribution >= 0.6 is 11.3 Å². The molecule has 4 rings (SSSR count). The van der Waals surface area contributed by atoms with Gasteiger partial charge in [0.1, 0.15) is 10.5 Å². The van der Waals surface area contributed by atoms with Crippen molar-refractivity contribution in [2.75, 3.05) is 23.7 Å². The Morgan fingerprint density at radius 2 is 1.73 bits per heavy atom. The van der Waals surface area contributed by atoms with Crippen molar-refractivity contribution in [3.8, 4) is 0 Å². The smallest absolute Gasteiger partial charge is 0.324 e. The van der Waals surface area contributed by atoms with Gasteiger partial charge in [-0.25, -0.2) is 4.79 Å². The van der Waals surface area contributed by atoms with Gasteiger partial charge in [0.2, 0.25) is 5.91 Å². The van der Waals surface area contributed by atoms with Crippen LogP contribution in [-0.4, -0.2) is 35.8 Å². The summed E-state index contributed by atoms with van der Waals surface area (Å²) in [6, 6.07) is 7.29. The fourth-order valence-corrected chi connectivity index (χ4v) is 6.05. The van der Waals surface area contributed by atoms with Gasteiger partial charge in [-0.15, -0.1) is 11.3 Å². The number of anilines is 2. The van der Waals surface area contributed by atoms with Gasteiger partial charge in [0.05, 0.1) is 5.56 Å². The van der Waals surface area contributed by atoms with Crippen molar-refractivity contribution in [3.63, 3.8) is 0 Å². The molecule has 176 valence electrons. The third-order valence-corrected chi connectivity index (χ3v) is 7.88. The Morgan fingerprint density at radius 1 is 1.06 bits per heavy atom. The fourth-order valence-electron chi connectivity index (χ4n) is 4.71. The molecule has 1 saturated heterocycles. The van der Waals surface area contributed by atoms with E-state index in [1.165, 1.54) is 11.3 Å². The van der Waals surface area contributed by atoms with Crippen molar-refractivity contribution in [2.45, 2.75) is 64.8 Å². The van der Waals surface area contributed by atoms with Crippen molar-refractivity contribution in [1.29, 1.82) is 0 Å². The summed E-state index contributed by atoms with van der Waals surface area (Å²) in [5, 5.41) is 9.27. The molecule has 7 nitrogen and oxygen atoms in total. The molecule has 0 spiro atoms. The quantitative estimate of drug-likeness (QED) is 0.592. The Bertz CT molecular complexity index is 1160. The van der Waals surface area contributed by atoms with E-state index in [0.29, 0.717) is 29.2 Å². The normalized spacial score (nSPS) is 20.3. The van der Waals surface area contributed by atoms with E-state index in [9.17, 15) is 14.4 Å². The summed E-state index contributed by atoms with van der Waals surface area (Å²) < 4.78 is 0. The lowest BCUT2D eigenvalue weighted by Gasteiger charge is -2.40. The predicted molar refractivity (Wildman–Crippen MR) is 132 cm³/mol. The number of amides is 4. The summed E-state index contributed by atoms with van der Waals surface area (Å²) in [5.41, 5.74) is 1.37. The van der Waals surface area contributed by atoms with E-state index in [1.54, 1.807) is 11.8 Å². The van der Waals surface area contributed by atoms with Crippen LogP contribution in [0.5, 0.6) is 0 Å². The van der Waals surface area contributed by atoms with E-state index < -0.39 is 11.6 Å². The highest BCUT2D eigenvalue weighted by Crippen LogP contribution is 2.52. The van der Waals surface area contributed by atoms with Crippen LogP contribution in [0.25, 0.3) is 0 Å². The van der Waals surface area contributed by atoms with Gasteiger partial charge >= 0.3 is 6.03 Å². The van der Waals surface area contributed by atoms with Crippen LogP contribution in [0.1, 0.15) is 74.8 Å². The predicted octanol–water partition coefficient (Wildman–Crippen LogP) is 4.79. The molecule has 0 saturated carbocycles. The molecule has 1 atom stereocenters. The van der Waals surface area contributed by atoms with Gasteiger partial charge < -0.3 is 15.5 Å². The number of urea groups is 1. The first kappa shape index (κ1) is 23.3. The summed E-state index contributed by atoms with van der Waals surface area (Å²) in [6.45, 7) is 15.1. The molecule has 8 heteroatoms. The summed E-state index contributed by atoms with van der Waals surface area (Å²) in [5.74, 6) is -0.390. The Balaban J connectivity index is 1.74. The van der Waals surface area contributed by atoms with Crippen LogP contribution in [0.2, 0.25) is 0 Å². The SMILES string of the molecule is CC(C)(C)c1ccccc1NC(=O)Nc1sc(C(C)(C)C)c2c1C(=O)N1CCNC(=O)C21C.